The van der Waals surface area contributed by atoms with E-state index in [1.165, 1.54) is 0 Å². The van der Waals surface area contributed by atoms with Gasteiger partial charge in [-0.25, -0.2) is 0 Å². The molecule has 2 atom stereocenters. The van der Waals surface area contributed by atoms with Crippen LogP contribution in [0.2, 0.25) is 0 Å². The monoisotopic (exact) mass is 304 g/mol. The highest BCUT2D eigenvalue weighted by molar-refractivity contribution is 8.01. The third-order valence-electron chi connectivity index (χ3n) is 4.37. The Hall–Kier alpha value is -1.49. The Morgan fingerprint density at radius 2 is 2.14 bits per heavy atom. The third kappa shape index (κ3) is 2.55. The van der Waals surface area contributed by atoms with Crippen LogP contribution in [0.4, 0.5) is 0 Å². The number of fused-ring (bicyclic) bond motifs is 1. The number of likely N-dealkylation sites (N-methyl/N-ethyl adjacent to an activating group) is 1. The average molecular weight is 304 g/mol. The molecule has 0 spiro atoms. The predicted octanol–water partition coefficient (Wildman–Crippen LogP) is 2.10. The lowest BCUT2D eigenvalue weighted by atomic mass is 10.1. The third-order valence-corrected chi connectivity index (χ3v) is 5.87. The van der Waals surface area contributed by atoms with Gasteiger partial charge in [-0.15, -0.1) is 11.8 Å². The molecule has 4 nitrogen and oxygen atoms in total. The van der Waals surface area contributed by atoms with Gasteiger partial charge in [-0.1, -0.05) is 30.3 Å². The van der Waals surface area contributed by atoms with Crippen molar-refractivity contribution in [3.8, 4) is 0 Å². The van der Waals surface area contributed by atoms with E-state index >= 15 is 0 Å². The summed E-state index contributed by atoms with van der Waals surface area (Å²) in [6.45, 7) is 2.66. The quantitative estimate of drug-likeness (QED) is 0.858. The molecule has 0 aliphatic carbocycles. The van der Waals surface area contributed by atoms with Crippen molar-refractivity contribution in [3.05, 3.63) is 35.9 Å². The fourth-order valence-electron chi connectivity index (χ4n) is 3.19. The number of carbonyl (C=O) groups is 2. The van der Waals surface area contributed by atoms with E-state index in [9.17, 15) is 9.59 Å². The highest BCUT2D eigenvalue weighted by atomic mass is 32.2. The molecule has 1 aromatic carbocycles. The summed E-state index contributed by atoms with van der Waals surface area (Å²) in [6, 6.07) is 9.63. The van der Waals surface area contributed by atoms with Crippen LogP contribution >= 0.6 is 11.8 Å². The minimum atomic E-state index is -0.302. The van der Waals surface area contributed by atoms with Gasteiger partial charge in [0.2, 0.25) is 11.8 Å². The van der Waals surface area contributed by atoms with E-state index in [1.54, 1.807) is 16.7 Å². The maximum atomic E-state index is 12.7. The minimum absolute atomic E-state index is 0.0466. The van der Waals surface area contributed by atoms with Gasteiger partial charge < -0.3 is 9.80 Å². The number of rotatable bonds is 3. The lowest BCUT2D eigenvalue weighted by molar-refractivity contribution is -0.143. The van der Waals surface area contributed by atoms with Gasteiger partial charge in [0.05, 0.1) is 4.87 Å². The fourth-order valence-corrected chi connectivity index (χ4v) is 4.62. The molecule has 2 saturated heterocycles. The zero-order valence-corrected chi connectivity index (χ0v) is 13.2. The molecular formula is C16H20N2O2S. The van der Waals surface area contributed by atoms with Crippen LogP contribution in [0.1, 0.15) is 25.3 Å². The number of hydrogen-bond donors (Lipinski definition) is 0. The Kier molecular flexibility index (Phi) is 3.69. The smallest absolute Gasteiger partial charge is 0.246 e. The molecule has 3 rings (SSSR count). The van der Waals surface area contributed by atoms with Gasteiger partial charge in [0.25, 0.3) is 0 Å². The standard InChI is InChI=1S/C16H20N2O2S/c1-16-9-8-14(19)18(16)13(11-21-16)15(20)17(2)10-12-6-4-3-5-7-12/h3-7,13H,8-11H2,1-2H3. The Bertz CT molecular complexity index is 563. The molecule has 2 fully saturated rings. The van der Waals surface area contributed by atoms with Crippen molar-refractivity contribution in [2.75, 3.05) is 12.8 Å². The Balaban J connectivity index is 1.72. The second-order valence-corrected chi connectivity index (χ2v) is 7.45. The van der Waals surface area contributed by atoms with Crippen LogP contribution in [0, 0.1) is 0 Å². The van der Waals surface area contributed by atoms with Crippen LogP contribution in [-0.2, 0) is 16.1 Å². The molecular weight excluding hydrogens is 284 g/mol. The van der Waals surface area contributed by atoms with Crippen molar-refractivity contribution in [1.29, 1.82) is 0 Å². The molecule has 0 N–H and O–H groups in total. The van der Waals surface area contributed by atoms with Crippen LogP contribution in [-0.4, -0.2) is 45.3 Å². The number of nitrogens with zero attached hydrogens (tertiary/aromatic N) is 2. The summed E-state index contributed by atoms with van der Waals surface area (Å²) in [7, 11) is 1.82. The van der Waals surface area contributed by atoms with Gasteiger partial charge in [-0.3, -0.25) is 9.59 Å². The molecule has 2 amide bonds. The van der Waals surface area contributed by atoms with E-state index in [0.717, 1.165) is 12.0 Å². The van der Waals surface area contributed by atoms with E-state index in [1.807, 2.05) is 42.3 Å². The van der Waals surface area contributed by atoms with Crippen LogP contribution in [0.25, 0.3) is 0 Å². The molecule has 2 aliphatic heterocycles. The second-order valence-electron chi connectivity index (χ2n) is 5.95. The maximum absolute atomic E-state index is 12.7. The van der Waals surface area contributed by atoms with E-state index in [4.69, 9.17) is 0 Å². The van der Waals surface area contributed by atoms with Crippen molar-refractivity contribution in [2.45, 2.75) is 37.2 Å². The summed E-state index contributed by atoms with van der Waals surface area (Å²) in [4.78, 5) is 28.2. The molecule has 0 bridgehead atoms. The first kappa shape index (κ1) is 14.4. The normalized spacial score (nSPS) is 27.8. The van der Waals surface area contributed by atoms with E-state index in [2.05, 4.69) is 6.92 Å². The van der Waals surface area contributed by atoms with Crippen molar-refractivity contribution >= 4 is 23.6 Å². The van der Waals surface area contributed by atoms with E-state index in [0.29, 0.717) is 18.7 Å². The molecule has 21 heavy (non-hydrogen) atoms. The minimum Gasteiger partial charge on any atom is -0.340 e. The summed E-state index contributed by atoms with van der Waals surface area (Å²) in [6.07, 6.45) is 1.42. The summed E-state index contributed by atoms with van der Waals surface area (Å²) in [5.74, 6) is 0.875. The van der Waals surface area contributed by atoms with Gasteiger partial charge >= 0.3 is 0 Å². The van der Waals surface area contributed by atoms with Crippen molar-refractivity contribution in [2.24, 2.45) is 0 Å². The summed E-state index contributed by atoms with van der Waals surface area (Å²) in [5, 5.41) is 0. The highest BCUT2D eigenvalue weighted by Crippen LogP contribution is 2.47. The first-order valence-corrected chi connectivity index (χ1v) is 8.25. The highest BCUT2D eigenvalue weighted by Gasteiger charge is 2.53. The van der Waals surface area contributed by atoms with Crippen molar-refractivity contribution in [1.82, 2.24) is 9.80 Å². The van der Waals surface area contributed by atoms with Gasteiger partial charge in [0.1, 0.15) is 6.04 Å². The van der Waals surface area contributed by atoms with Gasteiger partial charge in [-0.2, -0.15) is 0 Å². The molecule has 0 radical (unpaired) electrons. The number of benzene rings is 1. The van der Waals surface area contributed by atoms with E-state index < -0.39 is 0 Å². The van der Waals surface area contributed by atoms with Gasteiger partial charge in [0.15, 0.2) is 0 Å². The van der Waals surface area contributed by atoms with Crippen molar-refractivity contribution < 1.29 is 9.59 Å². The largest absolute Gasteiger partial charge is 0.340 e. The van der Waals surface area contributed by atoms with Crippen LogP contribution in [0.5, 0.6) is 0 Å². The molecule has 0 saturated carbocycles. The van der Waals surface area contributed by atoms with Crippen molar-refractivity contribution in [3.63, 3.8) is 0 Å². The first-order chi connectivity index (χ1) is 10.0. The van der Waals surface area contributed by atoms with Gasteiger partial charge in [-0.05, 0) is 18.9 Å². The topological polar surface area (TPSA) is 40.6 Å². The molecule has 2 aliphatic rings. The zero-order valence-electron chi connectivity index (χ0n) is 12.4. The number of hydrogen-bond acceptors (Lipinski definition) is 3. The van der Waals surface area contributed by atoms with E-state index in [-0.39, 0.29) is 22.7 Å². The molecule has 5 heteroatoms. The fraction of sp³-hybridized carbons (Fsp3) is 0.500. The Labute approximate surface area is 129 Å². The SMILES string of the molecule is CN(Cc1ccccc1)C(=O)C1CSC2(C)CCC(=O)N12. The number of amides is 2. The molecule has 0 aromatic heterocycles. The average Bonchev–Trinajstić information content (AvgIpc) is 2.96. The molecule has 1 aromatic rings. The molecule has 2 heterocycles. The predicted molar refractivity (Wildman–Crippen MR) is 83.6 cm³/mol. The van der Waals surface area contributed by atoms with Gasteiger partial charge in [0, 0.05) is 25.8 Å². The summed E-state index contributed by atoms with van der Waals surface area (Å²) < 4.78 is 0. The first-order valence-electron chi connectivity index (χ1n) is 7.26. The number of carbonyl (C=O) groups excluding carboxylic acids is 2. The molecule has 2 unspecified atom stereocenters. The number of thioether (sulfide) groups is 1. The lowest BCUT2D eigenvalue weighted by Gasteiger charge is -2.32. The lowest BCUT2D eigenvalue weighted by Crippen LogP contribution is -2.50. The summed E-state index contributed by atoms with van der Waals surface area (Å²) in [5.41, 5.74) is 1.11. The second kappa shape index (κ2) is 5.37. The van der Waals surface area contributed by atoms with Crippen LogP contribution in [0.15, 0.2) is 30.3 Å². The zero-order chi connectivity index (χ0) is 15.0. The maximum Gasteiger partial charge on any atom is 0.246 e. The summed E-state index contributed by atoms with van der Waals surface area (Å²) >= 11 is 1.74. The molecule has 112 valence electrons. The van der Waals surface area contributed by atoms with Crippen LogP contribution in [0.3, 0.4) is 0 Å². The Morgan fingerprint density at radius 3 is 2.86 bits per heavy atom. The van der Waals surface area contributed by atoms with Crippen LogP contribution < -0.4 is 0 Å². The Morgan fingerprint density at radius 1 is 1.43 bits per heavy atom.